The van der Waals surface area contributed by atoms with Crippen LogP contribution in [0.4, 0.5) is 0 Å². The van der Waals surface area contributed by atoms with Gasteiger partial charge in [-0.15, -0.1) is 0 Å². The second-order valence-electron chi connectivity index (χ2n) is 7.30. The van der Waals surface area contributed by atoms with Gasteiger partial charge in [0.25, 0.3) is 0 Å². The Morgan fingerprint density at radius 3 is 2.67 bits per heavy atom. The maximum Gasteiger partial charge on any atom is 0.127 e. The Morgan fingerprint density at radius 1 is 1.19 bits per heavy atom. The molecule has 1 saturated carbocycles. The highest BCUT2D eigenvalue weighted by Crippen LogP contribution is 2.38. The summed E-state index contributed by atoms with van der Waals surface area (Å²) in [5.74, 6) is 1.05. The van der Waals surface area contributed by atoms with Gasteiger partial charge in [-0.25, -0.2) is 0 Å². The highest BCUT2D eigenvalue weighted by molar-refractivity contribution is 5.45. The van der Waals surface area contributed by atoms with Gasteiger partial charge in [-0.3, -0.25) is 0 Å². The molecule has 0 spiro atoms. The molecule has 0 amide bonds. The maximum absolute atomic E-state index is 9.80. The predicted molar refractivity (Wildman–Crippen MR) is 84.6 cm³/mol. The smallest absolute Gasteiger partial charge is 0.127 e. The van der Waals surface area contributed by atoms with Crippen molar-refractivity contribution in [2.24, 2.45) is 0 Å². The zero-order valence-corrected chi connectivity index (χ0v) is 13.2. The normalized spacial score (nSPS) is 22.6. The molecule has 0 radical (unpaired) electrons. The van der Waals surface area contributed by atoms with E-state index < -0.39 is 0 Å². The molecule has 0 unspecified atom stereocenters. The van der Waals surface area contributed by atoms with E-state index in [-0.39, 0.29) is 17.7 Å². The van der Waals surface area contributed by atoms with Gasteiger partial charge in [-0.1, -0.05) is 37.5 Å². The average Bonchev–Trinajstić information content (AvgIpc) is 2.80. The van der Waals surface area contributed by atoms with E-state index in [2.05, 4.69) is 37.4 Å². The number of rotatable bonds is 4. The molecule has 3 nitrogen and oxygen atoms in total. The van der Waals surface area contributed by atoms with Crippen LogP contribution in [-0.2, 0) is 13.0 Å². The summed E-state index contributed by atoms with van der Waals surface area (Å²) in [6.45, 7) is 5.29. The van der Waals surface area contributed by atoms with Crippen LogP contribution in [0.3, 0.4) is 0 Å². The van der Waals surface area contributed by atoms with E-state index in [4.69, 9.17) is 4.74 Å². The van der Waals surface area contributed by atoms with Gasteiger partial charge in [0.05, 0.1) is 6.61 Å². The maximum atomic E-state index is 9.80. The number of hydrogen-bond acceptors (Lipinski definition) is 3. The third kappa shape index (κ3) is 3.09. The summed E-state index contributed by atoms with van der Waals surface area (Å²) in [4.78, 5) is 0. The summed E-state index contributed by atoms with van der Waals surface area (Å²) in [6, 6.07) is 6.42. The summed E-state index contributed by atoms with van der Waals surface area (Å²) in [5, 5.41) is 13.4. The van der Waals surface area contributed by atoms with Gasteiger partial charge in [0.1, 0.15) is 11.4 Å². The minimum Gasteiger partial charge on any atom is -0.487 e. The molecule has 0 atom stereocenters. The van der Waals surface area contributed by atoms with Crippen molar-refractivity contribution in [3.63, 3.8) is 0 Å². The largest absolute Gasteiger partial charge is 0.487 e. The molecule has 1 aliphatic heterocycles. The van der Waals surface area contributed by atoms with E-state index in [0.29, 0.717) is 0 Å². The zero-order valence-electron chi connectivity index (χ0n) is 13.2. The van der Waals surface area contributed by atoms with Gasteiger partial charge < -0.3 is 15.2 Å². The van der Waals surface area contributed by atoms with Crippen LogP contribution in [0, 0.1) is 0 Å². The lowest BCUT2D eigenvalue weighted by Gasteiger charge is -2.37. The number of aliphatic hydroxyl groups is 1. The third-order valence-electron chi connectivity index (χ3n) is 4.94. The number of aliphatic hydroxyl groups excluding tert-OH is 1. The van der Waals surface area contributed by atoms with Crippen LogP contribution in [0.15, 0.2) is 18.2 Å². The fourth-order valence-electron chi connectivity index (χ4n) is 3.72. The second kappa shape index (κ2) is 5.62. The quantitative estimate of drug-likeness (QED) is 0.894. The van der Waals surface area contributed by atoms with E-state index in [1.807, 2.05) is 0 Å². The third-order valence-corrected chi connectivity index (χ3v) is 4.94. The molecule has 1 aromatic rings. The number of nitrogens with one attached hydrogen (secondary N) is 1. The minimum atomic E-state index is -0.0993. The summed E-state index contributed by atoms with van der Waals surface area (Å²) < 4.78 is 6.13. The molecule has 2 N–H and O–H groups in total. The highest BCUT2D eigenvalue weighted by Gasteiger charge is 2.33. The van der Waals surface area contributed by atoms with Crippen LogP contribution in [0.5, 0.6) is 5.75 Å². The first-order valence-electron chi connectivity index (χ1n) is 8.19. The molecule has 0 aromatic heterocycles. The lowest BCUT2D eigenvalue weighted by molar-refractivity contribution is 0.117. The summed E-state index contributed by atoms with van der Waals surface area (Å²) >= 11 is 0. The number of benzene rings is 1. The minimum absolute atomic E-state index is 0.0882. The summed E-state index contributed by atoms with van der Waals surface area (Å²) in [5.41, 5.74) is 2.34. The lowest BCUT2D eigenvalue weighted by Crippen LogP contribution is -2.49. The van der Waals surface area contributed by atoms with E-state index in [0.717, 1.165) is 31.6 Å². The molecule has 21 heavy (non-hydrogen) atoms. The van der Waals surface area contributed by atoms with Crippen molar-refractivity contribution in [2.45, 2.75) is 70.1 Å². The molecule has 2 aliphatic rings. The van der Waals surface area contributed by atoms with Gasteiger partial charge in [-0.2, -0.15) is 0 Å². The Kier molecular flexibility index (Phi) is 3.98. The van der Waals surface area contributed by atoms with Gasteiger partial charge >= 0.3 is 0 Å². The fraction of sp³-hybridized carbons (Fsp3) is 0.667. The fourth-order valence-corrected chi connectivity index (χ4v) is 3.72. The Hall–Kier alpha value is -1.06. The van der Waals surface area contributed by atoms with Crippen molar-refractivity contribution in [1.82, 2.24) is 5.32 Å². The lowest BCUT2D eigenvalue weighted by atomic mass is 9.82. The Bertz CT molecular complexity index is 504. The van der Waals surface area contributed by atoms with Crippen molar-refractivity contribution < 1.29 is 9.84 Å². The first-order chi connectivity index (χ1) is 10.0. The van der Waals surface area contributed by atoms with Crippen molar-refractivity contribution in [1.29, 1.82) is 0 Å². The number of fused-ring (bicyclic) bond motifs is 1. The van der Waals surface area contributed by atoms with Crippen molar-refractivity contribution in [2.75, 3.05) is 6.61 Å². The predicted octanol–water partition coefficient (Wildman–Crippen LogP) is 3.18. The van der Waals surface area contributed by atoms with Gasteiger partial charge in [-0.05, 0) is 32.3 Å². The van der Waals surface area contributed by atoms with Gasteiger partial charge in [0.2, 0.25) is 0 Å². The standard InChI is InChI=1S/C18H27NO2/c1-17(2)11-14-7-6-8-15(16(14)21-17)12-19-18(13-20)9-4-3-5-10-18/h6-8,19-20H,3-5,9-13H2,1-2H3. The topological polar surface area (TPSA) is 41.5 Å². The van der Waals surface area contributed by atoms with Crippen LogP contribution in [0.2, 0.25) is 0 Å². The van der Waals surface area contributed by atoms with Crippen LogP contribution in [-0.4, -0.2) is 22.9 Å². The van der Waals surface area contributed by atoms with Crippen LogP contribution in [0.1, 0.15) is 57.1 Å². The van der Waals surface area contributed by atoms with E-state index >= 15 is 0 Å². The molecule has 0 bridgehead atoms. The molecular formula is C18H27NO2. The van der Waals surface area contributed by atoms with Crippen molar-refractivity contribution in [3.8, 4) is 5.75 Å². The molecule has 1 fully saturated rings. The van der Waals surface area contributed by atoms with Gasteiger partial charge in [0.15, 0.2) is 0 Å². The molecule has 116 valence electrons. The molecule has 3 heteroatoms. The Labute approximate surface area is 127 Å². The van der Waals surface area contributed by atoms with E-state index in [9.17, 15) is 5.11 Å². The molecule has 1 heterocycles. The van der Waals surface area contributed by atoms with Crippen LogP contribution >= 0.6 is 0 Å². The van der Waals surface area contributed by atoms with Gasteiger partial charge in [0, 0.05) is 24.1 Å². The molecular weight excluding hydrogens is 262 g/mol. The first-order valence-corrected chi connectivity index (χ1v) is 8.19. The molecule has 3 rings (SSSR count). The number of para-hydroxylation sites is 1. The Balaban J connectivity index is 1.73. The zero-order chi connectivity index (χ0) is 14.9. The highest BCUT2D eigenvalue weighted by atomic mass is 16.5. The van der Waals surface area contributed by atoms with E-state index in [1.54, 1.807) is 0 Å². The van der Waals surface area contributed by atoms with E-state index in [1.165, 1.54) is 30.4 Å². The Morgan fingerprint density at radius 2 is 1.95 bits per heavy atom. The van der Waals surface area contributed by atoms with Crippen molar-refractivity contribution >= 4 is 0 Å². The van der Waals surface area contributed by atoms with Crippen molar-refractivity contribution in [3.05, 3.63) is 29.3 Å². The van der Waals surface area contributed by atoms with Crippen LogP contribution < -0.4 is 10.1 Å². The SMILES string of the molecule is CC1(C)Cc2cccc(CNC3(CO)CCCCC3)c2O1. The first kappa shape index (κ1) is 14.9. The summed E-state index contributed by atoms with van der Waals surface area (Å²) in [7, 11) is 0. The van der Waals surface area contributed by atoms with Crippen LogP contribution in [0.25, 0.3) is 0 Å². The summed E-state index contributed by atoms with van der Waals surface area (Å²) in [6.07, 6.45) is 6.84. The average molecular weight is 289 g/mol. The molecule has 0 saturated heterocycles. The number of hydrogen-bond donors (Lipinski definition) is 2. The second-order valence-corrected chi connectivity index (χ2v) is 7.30. The monoisotopic (exact) mass is 289 g/mol. The number of ether oxygens (including phenoxy) is 1. The molecule has 1 aliphatic carbocycles. The molecule has 1 aromatic carbocycles.